The second-order valence-corrected chi connectivity index (χ2v) is 3.81. The molecule has 0 saturated carbocycles. The van der Waals surface area contributed by atoms with Gasteiger partial charge in [0.1, 0.15) is 5.69 Å². The molecule has 0 radical (unpaired) electrons. The highest BCUT2D eigenvalue weighted by atomic mass is 35.5. The molecule has 1 heterocycles. The van der Waals surface area contributed by atoms with Crippen LogP contribution in [0, 0.1) is 0 Å². The van der Waals surface area contributed by atoms with Gasteiger partial charge in [0.05, 0.1) is 0 Å². The average molecular weight is 220 g/mol. The summed E-state index contributed by atoms with van der Waals surface area (Å²) in [5, 5.41) is 0. The number of halogens is 1. The van der Waals surface area contributed by atoms with Crippen LogP contribution in [0.25, 0.3) is 0 Å². The van der Waals surface area contributed by atoms with Crippen molar-refractivity contribution in [2.75, 3.05) is 0 Å². The molecule has 4 heteroatoms. The Bertz CT molecular complexity index is 283. The summed E-state index contributed by atoms with van der Waals surface area (Å²) in [5.41, 5.74) is 0.530. The number of nitrogens with zero attached hydrogens (tertiary/aromatic N) is 1. The van der Waals surface area contributed by atoms with E-state index in [1.807, 2.05) is 20.8 Å². The number of carbonyl (C=O) groups excluding carboxylic acids is 1. The van der Waals surface area contributed by atoms with Crippen molar-refractivity contribution in [3.05, 3.63) is 15.0 Å². The van der Waals surface area contributed by atoms with Crippen LogP contribution in [-0.4, -0.2) is 10.8 Å². The van der Waals surface area contributed by atoms with E-state index in [1.165, 1.54) is 18.3 Å². The van der Waals surface area contributed by atoms with E-state index in [4.69, 9.17) is 11.6 Å². The number of thiazole rings is 1. The fourth-order valence-corrected chi connectivity index (χ4v) is 1.97. The second kappa shape index (κ2) is 6.11. The molecular formula is C9H14ClNOS. The molecule has 1 aromatic rings. The fraction of sp³-hybridized carbons (Fsp3) is 0.556. The summed E-state index contributed by atoms with van der Waals surface area (Å²) in [5.74, 6) is -0.00926. The molecule has 0 aromatic carbocycles. The SMILES string of the molecule is CC.CCc1sc(Cl)nc1C(C)=O. The lowest BCUT2D eigenvalue weighted by molar-refractivity contribution is 0.101. The minimum atomic E-state index is -0.00926. The third kappa shape index (κ3) is 3.44. The summed E-state index contributed by atoms with van der Waals surface area (Å²) in [4.78, 5) is 15.8. The van der Waals surface area contributed by atoms with Gasteiger partial charge >= 0.3 is 0 Å². The number of Topliss-reactive ketones (excluding diaryl/α,β-unsaturated/α-hetero) is 1. The van der Waals surface area contributed by atoms with Crippen LogP contribution in [-0.2, 0) is 6.42 Å². The Kier molecular flexibility index (Phi) is 5.91. The highest BCUT2D eigenvalue weighted by Gasteiger charge is 2.11. The predicted octanol–water partition coefficient (Wildman–Crippen LogP) is 3.59. The maximum Gasteiger partial charge on any atom is 0.184 e. The minimum absolute atomic E-state index is 0.00926. The molecule has 1 aromatic heterocycles. The van der Waals surface area contributed by atoms with Gasteiger partial charge in [0.2, 0.25) is 0 Å². The lowest BCUT2D eigenvalue weighted by Gasteiger charge is -1.90. The van der Waals surface area contributed by atoms with E-state index in [9.17, 15) is 4.79 Å². The molecule has 0 unspecified atom stereocenters. The summed E-state index contributed by atoms with van der Waals surface area (Å²) in [7, 11) is 0. The van der Waals surface area contributed by atoms with Crippen LogP contribution in [0.3, 0.4) is 0 Å². The largest absolute Gasteiger partial charge is 0.293 e. The van der Waals surface area contributed by atoms with E-state index >= 15 is 0 Å². The summed E-state index contributed by atoms with van der Waals surface area (Å²) < 4.78 is 0.451. The zero-order valence-corrected chi connectivity index (χ0v) is 9.92. The van der Waals surface area contributed by atoms with Crippen molar-refractivity contribution in [2.45, 2.75) is 34.1 Å². The number of hydrogen-bond acceptors (Lipinski definition) is 3. The van der Waals surface area contributed by atoms with Crippen molar-refractivity contribution in [2.24, 2.45) is 0 Å². The Balaban J connectivity index is 0.000000671. The van der Waals surface area contributed by atoms with Gasteiger partial charge in [0.25, 0.3) is 0 Å². The van der Waals surface area contributed by atoms with Gasteiger partial charge in [-0.05, 0) is 6.42 Å². The monoisotopic (exact) mass is 219 g/mol. The first kappa shape index (κ1) is 12.6. The van der Waals surface area contributed by atoms with Crippen molar-refractivity contribution in [3.63, 3.8) is 0 Å². The molecule has 0 N–H and O–H groups in total. The highest BCUT2D eigenvalue weighted by Crippen LogP contribution is 2.23. The topological polar surface area (TPSA) is 30.0 Å². The second-order valence-electron chi connectivity index (χ2n) is 2.15. The third-order valence-electron chi connectivity index (χ3n) is 1.33. The predicted molar refractivity (Wildman–Crippen MR) is 57.9 cm³/mol. The van der Waals surface area contributed by atoms with Crippen LogP contribution in [0.4, 0.5) is 0 Å². The van der Waals surface area contributed by atoms with Gasteiger partial charge < -0.3 is 0 Å². The average Bonchev–Trinajstić information content (AvgIpc) is 2.50. The van der Waals surface area contributed by atoms with Crippen LogP contribution in [0.2, 0.25) is 4.47 Å². The van der Waals surface area contributed by atoms with Crippen LogP contribution in [0.1, 0.15) is 43.1 Å². The van der Waals surface area contributed by atoms with Crippen molar-refractivity contribution in [3.8, 4) is 0 Å². The third-order valence-corrected chi connectivity index (χ3v) is 2.63. The molecule has 0 aliphatic rings. The summed E-state index contributed by atoms with van der Waals surface area (Å²) in [6, 6.07) is 0. The number of aromatic nitrogens is 1. The van der Waals surface area contributed by atoms with Gasteiger partial charge in [-0.1, -0.05) is 32.4 Å². The maximum absolute atomic E-state index is 10.9. The van der Waals surface area contributed by atoms with Crippen LogP contribution < -0.4 is 0 Å². The van der Waals surface area contributed by atoms with Gasteiger partial charge in [-0.3, -0.25) is 4.79 Å². The number of aryl methyl sites for hydroxylation is 1. The Morgan fingerprint density at radius 1 is 1.54 bits per heavy atom. The quantitative estimate of drug-likeness (QED) is 0.712. The van der Waals surface area contributed by atoms with Gasteiger partial charge in [-0.15, -0.1) is 11.3 Å². The normalized spacial score (nSPS) is 9.00. The van der Waals surface area contributed by atoms with Crippen LogP contribution in [0.5, 0.6) is 0 Å². The Morgan fingerprint density at radius 3 is 2.38 bits per heavy atom. The van der Waals surface area contributed by atoms with Gasteiger partial charge in [-0.25, -0.2) is 4.98 Å². The Morgan fingerprint density at radius 2 is 2.08 bits per heavy atom. The molecule has 0 aliphatic heterocycles. The van der Waals surface area contributed by atoms with Gasteiger partial charge in [-0.2, -0.15) is 0 Å². The number of ketones is 1. The molecule has 0 saturated heterocycles. The van der Waals surface area contributed by atoms with Crippen molar-refractivity contribution in [1.29, 1.82) is 0 Å². The zero-order chi connectivity index (χ0) is 10.4. The minimum Gasteiger partial charge on any atom is -0.293 e. The van der Waals surface area contributed by atoms with Crippen molar-refractivity contribution < 1.29 is 4.79 Å². The Hall–Kier alpha value is -0.410. The Labute approximate surface area is 88.0 Å². The smallest absolute Gasteiger partial charge is 0.184 e. The van der Waals surface area contributed by atoms with Crippen LogP contribution >= 0.6 is 22.9 Å². The molecule has 13 heavy (non-hydrogen) atoms. The number of hydrogen-bond donors (Lipinski definition) is 0. The molecule has 0 bridgehead atoms. The first-order valence-corrected chi connectivity index (χ1v) is 5.50. The molecule has 0 fully saturated rings. The fourth-order valence-electron chi connectivity index (χ4n) is 0.838. The molecule has 2 nitrogen and oxygen atoms in total. The standard InChI is InChI=1S/C7H8ClNOS.C2H6/c1-3-5-6(4(2)10)9-7(8)11-5;1-2/h3H2,1-2H3;1-2H3. The number of carbonyl (C=O) groups is 1. The lowest BCUT2D eigenvalue weighted by atomic mass is 10.2. The van der Waals surface area contributed by atoms with Crippen molar-refractivity contribution >= 4 is 28.7 Å². The van der Waals surface area contributed by atoms with E-state index in [2.05, 4.69) is 4.98 Å². The molecule has 0 amide bonds. The lowest BCUT2D eigenvalue weighted by Crippen LogP contribution is -1.95. The highest BCUT2D eigenvalue weighted by molar-refractivity contribution is 7.16. The van der Waals surface area contributed by atoms with Crippen LogP contribution in [0.15, 0.2) is 0 Å². The van der Waals surface area contributed by atoms with E-state index in [0.29, 0.717) is 10.2 Å². The van der Waals surface area contributed by atoms with Crippen molar-refractivity contribution in [1.82, 2.24) is 4.98 Å². The van der Waals surface area contributed by atoms with Gasteiger partial charge in [0, 0.05) is 11.8 Å². The molecule has 1 rings (SSSR count). The molecule has 0 spiro atoms. The maximum atomic E-state index is 10.9. The molecular weight excluding hydrogens is 206 g/mol. The zero-order valence-electron chi connectivity index (χ0n) is 8.35. The molecule has 0 aliphatic carbocycles. The summed E-state index contributed by atoms with van der Waals surface area (Å²) in [6.45, 7) is 7.49. The first-order chi connectivity index (χ1) is 6.15. The molecule has 74 valence electrons. The van der Waals surface area contributed by atoms with Gasteiger partial charge in [0.15, 0.2) is 10.3 Å². The van der Waals surface area contributed by atoms with E-state index < -0.39 is 0 Å². The van der Waals surface area contributed by atoms with E-state index in [1.54, 1.807) is 0 Å². The van der Waals surface area contributed by atoms with E-state index in [0.717, 1.165) is 11.3 Å². The number of rotatable bonds is 2. The van der Waals surface area contributed by atoms with E-state index in [-0.39, 0.29) is 5.78 Å². The summed E-state index contributed by atoms with van der Waals surface area (Å²) in [6.07, 6.45) is 0.819. The summed E-state index contributed by atoms with van der Waals surface area (Å²) >= 11 is 7.02. The molecule has 0 atom stereocenters. The first-order valence-electron chi connectivity index (χ1n) is 4.31.